The number of nitrogens with two attached hydrogens (primary N) is 2. The van der Waals surface area contributed by atoms with Crippen LogP contribution in [0.25, 0.3) is 5.70 Å². The molecule has 8 nitrogen and oxygen atoms in total. The summed E-state index contributed by atoms with van der Waals surface area (Å²) in [7, 11) is 0. The van der Waals surface area contributed by atoms with Crippen LogP contribution in [0.3, 0.4) is 0 Å². The Labute approximate surface area is 219 Å². The molecule has 194 valence electrons. The van der Waals surface area contributed by atoms with E-state index in [-0.39, 0.29) is 11.3 Å². The third-order valence-electron chi connectivity index (χ3n) is 6.59. The predicted octanol–water partition coefficient (Wildman–Crippen LogP) is 5.10. The fourth-order valence-corrected chi connectivity index (χ4v) is 3.83. The Morgan fingerprint density at radius 3 is 2.46 bits per heavy atom. The maximum absolute atomic E-state index is 13.1. The second-order valence-corrected chi connectivity index (χ2v) is 10.8. The molecule has 8 heteroatoms. The number of hydrogen-bond donors (Lipinski definition) is 4. The van der Waals surface area contributed by atoms with Gasteiger partial charge in [-0.3, -0.25) is 14.8 Å². The minimum absolute atomic E-state index is 0.0769. The fraction of sp³-hybridized carbons (Fsp3) is 0.345. The molecule has 1 aliphatic rings. The second kappa shape index (κ2) is 10.6. The zero-order valence-electron chi connectivity index (χ0n) is 22.3. The van der Waals surface area contributed by atoms with Crippen LogP contribution >= 0.6 is 0 Å². The molecule has 1 amide bonds. The number of benzene rings is 1. The van der Waals surface area contributed by atoms with Crippen molar-refractivity contribution >= 4 is 28.8 Å². The molecule has 2 heterocycles. The molecule has 37 heavy (non-hydrogen) atoms. The molecule has 1 aromatic carbocycles. The van der Waals surface area contributed by atoms with E-state index in [1.165, 1.54) is 17.9 Å². The molecule has 0 spiro atoms. The zero-order chi connectivity index (χ0) is 26.7. The van der Waals surface area contributed by atoms with Crippen molar-refractivity contribution in [2.45, 2.75) is 52.9 Å². The summed E-state index contributed by atoms with van der Waals surface area (Å²) in [6.45, 7) is 11.1. The van der Waals surface area contributed by atoms with Crippen LogP contribution in [0, 0.1) is 19.8 Å². The van der Waals surface area contributed by atoms with Gasteiger partial charge in [0.15, 0.2) is 0 Å². The molecule has 0 radical (unpaired) electrons. The standard InChI is InChI=1S/C29H37N7O/c1-18-6-9-21(28(37)35-25-13-23(29(3,4)5)16-32-19(25)2)12-26(18)36(31)17-24(30)22-10-11-27(34-15-22)33-14-20-7-8-20/h6,9-13,15-17,20H,7-8,14,30-31H2,1-5H3,(H,33,34)(H,35,37). The van der Waals surface area contributed by atoms with Crippen LogP contribution < -0.4 is 27.2 Å². The Morgan fingerprint density at radius 1 is 1.08 bits per heavy atom. The van der Waals surface area contributed by atoms with Gasteiger partial charge in [0.2, 0.25) is 0 Å². The molecule has 3 aromatic rings. The van der Waals surface area contributed by atoms with E-state index in [0.717, 1.165) is 40.7 Å². The van der Waals surface area contributed by atoms with Gasteiger partial charge in [-0.25, -0.2) is 10.8 Å². The lowest BCUT2D eigenvalue weighted by molar-refractivity contribution is 0.102. The topological polar surface area (TPSA) is 122 Å². The average Bonchev–Trinajstić information content (AvgIpc) is 3.68. The molecule has 6 N–H and O–H groups in total. The Kier molecular flexibility index (Phi) is 7.50. The molecule has 2 aromatic heterocycles. The Hall–Kier alpha value is -3.91. The first-order valence-corrected chi connectivity index (χ1v) is 12.6. The second-order valence-electron chi connectivity index (χ2n) is 10.8. The number of aryl methyl sites for hydroxylation is 2. The number of pyridine rings is 2. The predicted molar refractivity (Wildman–Crippen MR) is 151 cm³/mol. The highest BCUT2D eigenvalue weighted by Crippen LogP contribution is 2.29. The van der Waals surface area contributed by atoms with Crippen molar-refractivity contribution in [3.63, 3.8) is 0 Å². The monoisotopic (exact) mass is 499 g/mol. The first-order chi connectivity index (χ1) is 17.5. The van der Waals surface area contributed by atoms with Gasteiger partial charge < -0.3 is 16.4 Å². The van der Waals surface area contributed by atoms with Gasteiger partial charge in [0, 0.05) is 36.3 Å². The van der Waals surface area contributed by atoms with E-state index in [2.05, 4.69) is 41.4 Å². The number of aromatic nitrogens is 2. The normalized spacial score (nSPS) is 13.8. The lowest BCUT2D eigenvalue weighted by Crippen LogP contribution is -2.27. The molecule has 0 bridgehead atoms. The summed E-state index contributed by atoms with van der Waals surface area (Å²) in [5, 5.41) is 7.79. The summed E-state index contributed by atoms with van der Waals surface area (Å²) in [6.07, 6.45) is 7.80. The number of rotatable bonds is 8. The first kappa shape index (κ1) is 26.2. The van der Waals surface area contributed by atoms with Crippen LogP contribution in [0.4, 0.5) is 17.2 Å². The van der Waals surface area contributed by atoms with Gasteiger partial charge in [-0.05, 0) is 79.5 Å². The molecule has 0 atom stereocenters. The minimum atomic E-state index is -0.235. The van der Waals surface area contributed by atoms with Crippen LogP contribution in [-0.2, 0) is 5.41 Å². The summed E-state index contributed by atoms with van der Waals surface area (Å²) in [4.78, 5) is 22.1. The number of amides is 1. The molecule has 4 rings (SSSR count). The summed E-state index contributed by atoms with van der Waals surface area (Å²) >= 11 is 0. The van der Waals surface area contributed by atoms with Crippen LogP contribution in [0.2, 0.25) is 0 Å². The van der Waals surface area contributed by atoms with Crippen LogP contribution in [0.5, 0.6) is 0 Å². The SMILES string of the molecule is Cc1ccc(C(=O)Nc2cc(C(C)(C)C)cnc2C)cc1N(N)C=C(N)c1ccc(NCC2CC2)nc1. The zero-order valence-corrected chi connectivity index (χ0v) is 22.3. The summed E-state index contributed by atoms with van der Waals surface area (Å²) in [6, 6.07) is 11.2. The molecule has 1 fully saturated rings. The average molecular weight is 500 g/mol. The largest absolute Gasteiger partial charge is 0.397 e. The van der Waals surface area contributed by atoms with Gasteiger partial charge in [0.05, 0.1) is 22.8 Å². The van der Waals surface area contributed by atoms with Gasteiger partial charge in [-0.15, -0.1) is 0 Å². The van der Waals surface area contributed by atoms with Gasteiger partial charge in [0.1, 0.15) is 5.82 Å². The van der Waals surface area contributed by atoms with Gasteiger partial charge in [0.25, 0.3) is 5.91 Å². The van der Waals surface area contributed by atoms with Gasteiger partial charge >= 0.3 is 0 Å². The summed E-state index contributed by atoms with van der Waals surface area (Å²) < 4.78 is 0. The molecular formula is C29H37N7O. The third-order valence-corrected chi connectivity index (χ3v) is 6.59. The number of hydrogen-bond acceptors (Lipinski definition) is 7. The Balaban J connectivity index is 1.49. The van der Waals surface area contributed by atoms with Crippen molar-refractivity contribution in [1.29, 1.82) is 0 Å². The smallest absolute Gasteiger partial charge is 0.255 e. The van der Waals surface area contributed by atoms with E-state index in [0.29, 0.717) is 22.6 Å². The van der Waals surface area contributed by atoms with Crippen molar-refractivity contribution in [3.8, 4) is 0 Å². The van der Waals surface area contributed by atoms with Gasteiger partial charge in [-0.2, -0.15) is 0 Å². The molecule has 0 aliphatic heterocycles. The maximum Gasteiger partial charge on any atom is 0.255 e. The maximum atomic E-state index is 13.1. The van der Waals surface area contributed by atoms with E-state index >= 15 is 0 Å². The number of nitrogens with zero attached hydrogens (tertiary/aromatic N) is 3. The quantitative estimate of drug-likeness (QED) is 0.251. The lowest BCUT2D eigenvalue weighted by atomic mass is 9.88. The van der Waals surface area contributed by atoms with Crippen LogP contribution in [0.15, 0.2) is 55.0 Å². The van der Waals surface area contributed by atoms with Crippen molar-refractivity contribution in [2.24, 2.45) is 17.5 Å². The summed E-state index contributed by atoms with van der Waals surface area (Å²) in [5.74, 6) is 7.74. The highest BCUT2D eigenvalue weighted by Gasteiger charge is 2.21. The number of hydrazine groups is 1. The highest BCUT2D eigenvalue weighted by molar-refractivity contribution is 6.05. The van der Waals surface area contributed by atoms with E-state index in [1.807, 2.05) is 44.3 Å². The van der Waals surface area contributed by atoms with E-state index < -0.39 is 0 Å². The van der Waals surface area contributed by atoms with Gasteiger partial charge in [-0.1, -0.05) is 26.8 Å². The molecule has 0 unspecified atom stereocenters. The number of nitrogens with one attached hydrogen (secondary N) is 2. The molecule has 1 aliphatic carbocycles. The first-order valence-electron chi connectivity index (χ1n) is 12.6. The lowest BCUT2D eigenvalue weighted by Gasteiger charge is -2.21. The van der Waals surface area contributed by atoms with Crippen molar-refractivity contribution < 1.29 is 4.79 Å². The van der Waals surface area contributed by atoms with Crippen LogP contribution in [-0.4, -0.2) is 22.4 Å². The van der Waals surface area contributed by atoms with Crippen molar-refractivity contribution in [3.05, 3.63) is 82.9 Å². The number of carbonyl (C=O) groups excluding carboxylic acids is 1. The fourth-order valence-electron chi connectivity index (χ4n) is 3.83. The minimum Gasteiger partial charge on any atom is -0.397 e. The third kappa shape index (κ3) is 6.65. The van der Waals surface area contributed by atoms with E-state index in [1.54, 1.807) is 24.5 Å². The van der Waals surface area contributed by atoms with E-state index in [9.17, 15) is 4.79 Å². The van der Waals surface area contributed by atoms with E-state index in [4.69, 9.17) is 11.6 Å². The van der Waals surface area contributed by atoms with Crippen LogP contribution in [0.1, 0.15) is 66.4 Å². The number of anilines is 3. The van der Waals surface area contributed by atoms with Crippen molar-refractivity contribution in [2.75, 3.05) is 22.2 Å². The molecule has 0 saturated heterocycles. The molecule has 1 saturated carbocycles. The highest BCUT2D eigenvalue weighted by atomic mass is 16.1. The van der Waals surface area contributed by atoms with Crippen molar-refractivity contribution in [1.82, 2.24) is 9.97 Å². The Bertz CT molecular complexity index is 1300. The molecular weight excluding hydrogens is 462 g/mol. The summed E-state index contributed by atoms with van der Waals surface area (Å²) in [5.41, 5.74) is 12.0. The number of carbonyl (C=O) groups is 1. The Morgan fingerprint density at radius 2 is 1.81 bits per heavy atom.